The Kier molecular flexibility index (Phi) is 5.45. The molecule has 1 aromatic rings. The Balaban J connectivity index is 2.18. The summed E-state index contributed by atoms with van der Waals surface area (Å²) in [6, 6.07) is 1.72. The zero-order chi connectivity index (χ0) is 11.8. The van der Waals surface area contributed by atoms with Crippen molar-refractivity contribution in [1.82, 2.24) is 10.3 Å². The molecule has 0 saturated heterocycles. The number of aromatic nitrogens is 1. The normalized spacial score (nSPS) is 9.56. The fourth-order valence-corrected chi connectivity index (χ4v) is 1.49. The summed E-state index contributed by atoms with van der Waals surface area (Å²) in [6.45, 7) is 1.05. The molecule has 1 amide bonds. The maximum atomic E-state index is 11.5. The number of amides is 1. The third-order valence-electron chi connectivity index (χ3n) is 1.93. The van der Waals surface area contributed by atoms with Crippen molar-refractivity contribution in [2.75, 3.05) is 13.1 Å². The second-order valence-electron chi connectivity index (χ2n) is 3.15. The van der Waals surface area contributed by atoms with Crippen LogP contribution in [0.4, 0.5) is 0 Å². The molecule has 0 saturated carbocycles. The largest absolute Gasteiger partial charge is 0.356 e. The molecule has 0 atom stereocenters. The van der Waals surface area contributed by atoms with Gasteiger partial charge in [0.05, 0.1) is 0 Å². The Morgan fingerprint density at radius 3 is 3.06 bits per heavy atom. The summed E-state index contributed by atoms with van der Waals surface area (Å²) in [5.74, 6) is -0.130. The van der Waals surface area contributed by atoms with Gasteiger partial charge in [0.1, 0.15) is 5.69 Å². The minimum Gasteiger partial charge on any atom is -0.356 e. The van der Waals surface area contributed by atoms with Crippen LogP contribution in [0.5, 0.6) is 0 Å². The third-order valence-corrected chi connectivity index (χ3v) is 2.38. The van der Waals surface area contributed by atoms with Crippen molar-refractivity contribution in [2.45, 2.75) is 12.8 Å². The van der Waals surface area contributed by atoms with Crippen LogP contribution in [0.2, 0.25) is 0 Å². The molecule has 7 heteroatoms. The van der Waals surface area contributed by atoms with Crippen LogP contribution in [-0.4, -0.2) is 24.0 Å². The highest BCUT2D eigenvalue weighted by atomic mass is 79.9. The molecule has 0 aliphatic heterocycles. The van der Waals surface area contributed by atoms with Gasteiger partial charge in [0.2, 0.25) is 0 Å². The average molecular weight is 286 g/mol. The van der Waals surface area contributed by atoms with Crippen molar-refractivity contribution in [3.05, 3.63) is 32.9 Å². The van der Waals surface area contributed by atoms with E-state index in [0.29, 0.717) is 18.8 Å². The van der Waals surface area contributed by atoms with Crippen LogP contribution in [0.1, 0.15) is 23.3 Å². The molecule has 0 aliphatic carbocycles. The lowest BCUT2D eigenvalue weighted by molar-refractivity contribution is 0.0948. The number of nitrogens with zero attached hydrogens (tertiary/aromatic N) is 3. The first-order valence-electron chi connectivity index (χ1n) is 4.87. The van der Waals surface area contributed by atoms with Crippen LogP contribution in [0.3, 0.4) is 0 Å². The van der Waals surface area contributed by atoms with Gasteiger partial charge in [-0.25, -0.2) is 0 Å². The predicted molar refractivity (Wildman–Crippen MR) is 64.1 cm³/mol. The molecule has 0 aliphatic rings. The van der Waals surface area contributed by atoms with E-state index in [-0.39, 0.29) is 5.91 Å². The van der Waals surface area contributed by atoms with Gasteiger partial charge in [0.25, 0.3) is 5.91 Å². The third kappa shape index (κ3) is 4.37. The van der Waals surface area contributed by atoms with Crippen LogP contribution in [0.15, 0.2) is 21.9 Å². The molecule has 0 unspecified atom stereocenters. The molecular weight excluding hydrogens is 274 g/mol. The highest BCUT2D eigenvalue weighted by Gasteiger charge is 2.05. The minimum atomic E-state index is -0.130. The summed E-state index contributed by atoms with van der Waals surface area (Å²) < 4.78 is 0.848. The van der Waals surface area contributed by atoms with E-state index < -0.39 is 0 Å². The van der Waals surface area contributed by atoms with Crippen molar-refractivity contribution in [2.24, 2.45) is 5.11 Å². The maximum absolute atomic E-state index is 11.5. The van der Waals surface area contributed by atoms with E-state index in [0.717, 1.165) is 17.3 Å². The summed E-state index contributed by atoms with van der Waals surface area (Å²) in [7, 11) is 0. The first kappa shape index (κ1) is 12.6. The van der Waals surface area contributed by atoms with E-state index >= 15 is 0 Å². The number of rotatable bonds is 6. The lowest BCUT2D eigenvalue weighted by atomic mass is 10.3. The Morgan fingerprint density at radius 2 is 2.44 bits per heavy atom. The summed E-state index contributed by atoms with van der Waals surface area (Å²) in [5.41, 5.74) is 8.57. The molecule has 0 spiro atoms. The molecule has 6 nitrogen and oxygen atoms in total. The van der Waals surface area contributed by atoms with Crippen molar-refractivity contribution >= 4 is 21.8 Å². The molecule has 86 valence electrons. The molecule has 0 bridgehead atoms. The second-order valence-corrected chi connectivity index (χ2v) is 4.06. The number of unbranched alkanes of at least 4 members (excludes halogenated alkanes) is 1. The molecule has 1 rings (SSSR count). The predicted octanol–water partition coefficient (Wildman–Crippen LogP) is 2.60. The van der Waals surface area contributed by atoms with Crippen LogP contribution >= 0.6 is 15.9 Å². The highest BCUT2D eigenvalue weighted by Crippen LogP contribution is 2.10. The van der Waals surface area contributed by atoms with Gasteiger partial charge in [-0.1, -0.05) is 5.11 Å². The number of H-pyrrole nitrogens is 1. The fourth-order valence-electron chi connectivity index (χ4n) is 1.15. The Bertz CT molecular complexity index is 396. The number of halogens is 1. The quantitative estimate of drug-likeness (QED) is 0.357. The number of nitrogens with one attached hydrogen (secondary N) is 2. The number of aromatic amines is 1. The van der Waals surface area contributed by atoms with E-state index in [1.54, 1.807) is 12.3 Å². The molecule has 16 heavy (non-hydrogen) atoms. The summed E-state index contributed by atoms with van der Waals surface area (Å²) in [4.78, 5) is 17.0. The maximum Gasteiger partial charge on any atom is 0.267 e. The summed E-state index contributed by atoms with van der Waals surface area (Å²) >= 11 is 3.25. The monoisotopic (exact) mass is 285 g/mol. The van der Waals surface area contributed by atoms with Gasteiger partial charge >= 0.3 is 0 Å². The molecule has 1 heterocycles. The van der Waals surface area contributed by atoms with Gasteiger partial charge in [-0.3, -0.25) is 4.79 Å². The zero-order valence-corrected chi connectivity index (χ0v) is 10.2. The first-order valence-corrected chi connectivity index (χ1v) is 5.66. The fraction of sp³-hybridized carbons (Fsp3) is 0.444. The van der Waals surface area contributed by atoms with Gasteiger partial charge in [-0.05, 0) is 40.4 Å². The topological polar surface area (TPSA) is 93.7 Å². The molecule has 2 N–H and O–H groups in total. The number of hydrogen-bond acceptors (Lipinski definition) is 2. The van der Waals surface area contributed by atoms with Crippen molar-refractivity contribution < 1.29 is 4.79 Å². The van der Waals surface area contributed by atoms with Gasteiger partial charge in [0.15, 0.2) is 0 Å². The van der Waals surface area contributed by atoms with Crippen LogP contribution in [0.25, 0.3) is 10.4 Å². The number of hydrogen-bond donors (Lipinski definition) is 2. The summed E-state index contributed by atoms with van der Waals surface area (Å²) in [5, 5.41) is 6.17. The highest BCUT2D eigenvalue weighted by molar-refractivity contribution is 9.10. The Hall–Kier alpha value is -1.46. The van der Waals surface area contributed by atoms with Gasteiger partial charge in [0, 0.05) is 28.7 Å². The van der Waals surface area contributed by atoms with Gasteiger partial charge in [-0.2, -0.15) is 0 Å². The van der Waals surface area contributed by atoms with Crippen LogP contribution in [-0.2, 0) is 0 Å². The van der Waals surface area contributed by atoms with E-state index in [4.69, 9.17) is 5.53 Å². The Morgan fingerprint density at radius 1 is 1.62 bits per heavy atom. The van der Waals surface area contributed by atoms with Gasteiger partial charge in [-0.15, -0.1) is 0 Å². The van der Waals surface area contributed by atoms with E-state index in [9.17, 15) is 4.79 Å². The summed E-state index contributed by atoms with van der Waals surface area (Å²) in [6.07, 6.45) is 3.28. The average Bonchev–Trinajstić information content (AvgIpc) is 2.70. The van der Waals surface area contributed by atoms with Crippen molar-refractivity contribution in [3.8, 4) is 0 Å². The van der Waals surface area contributed by atoms with E-state index in [1.165, 1.54) is 0 Å². The first-order chi connectivity index (χ1) is 7.74. The van der Waals surface area contributed by atoms with Crippen molar-refractivity contribution in [1.29, 1.82) is 0 Å². The molecular formula is C9H12BrN5O. The Labute approximate surface area is 101 Å². The molecule has 0 fully saturated rings. The lowest BCUT2D eigenvalue weighted by Gasteiger charge is -2.01. The SMILES string of the molecule is [N-]=[N+]=NCCCCNC(=O)c1cc(Br)c[nH]1. The van der Waals surface area contributed by atoms with Crippen LogP contribution < -0.4 is 5.32 Å². The van der Waals surface area contributed by atoms with E-state index in [1.807, 2.05) is 0 Å². The lowest BCUT2D eigenvalue weighted by Crippen LogP contribution is -2.24. The second kappa shape index (κ2) is 6.92. The molecule has 0 radical (unpaired) electrons. The number of azide groups is 1. The molecule has 0 aromatic carbocycles. The van der Waals surface area contributed by atoms with Gasteiger partial charge < -0.3 is 10.3 Å². The standard InChI is InChI=1S/C9H12BrN5O/c10-7-5-8(13-6-7)9(16)12-3-1-2-4-14-15-11/h5-6,13H,1-4H2,(H,12,16). The number of carbonyl (C=O) groups is 1. The number of carbonyl (C=O) groups excluding carboxylic acids is 1. The smallest absolute Gasteiger partial charge is 0.267 e. The van der Waals surface area contributed by atoms with Crippen LogP contribution in [0, 0.1) is 0 Å². The minimum absolute atomic E-state index is 0.130. The zero-order valence-electron chi connectivity index (χ0n) is 8.61. The van der Waals surface area contributed by atoms with E-state index in [2.05, 4.69) is 36.3 Å². The molecule has 1 aromatic heterocycles. The van der Waals surface area contributed by atoms with Crippen molar-refractivity contribution in [3.63, 3.8) is 0 Å².